The van der Waals surface area contributed by atoms with Crippen molar-refractivity contribution >= 4 is 35.2 Å². The molecule has 1 amide bonds. The van der Waals surface area contributed by atoms with Gasteiger partial charge >= 0.3 is 5.97 Å². The van der Waals surface area contributed by atoms with E-state index in [1.807, 2.05) is 31.2 Å². The molecule has 0 fully saturated rings. The summed E-state index contributed by atoms with van der Waals surface area (Å²) in [4.78, 5) is 23.0. The molecule has 0 aromatic heterocycles. The van der Waals surface area contributed by atoms with Crippen LogP contribution in [0.1, 0.15) is 29.3 Å². The van der Waals surface area contributed by atoms with E-state index in [2.05, 4.69) is 5.32 Å². The third kappa shape index (κ3) is 5.65. The van der Waals surface area contributed by atoms with Crippen molar-refractivity contribution in [2.75, 3.05) is 11.9 Å². The van der Waals surface area contributed by atoms with Crippen molar-refractivity contribution < 1.29 is 19.4 Å². The molecular formula is C19H18ClNO4. The van der Waals surface area contributed by atoms with E-state index in [1.165, 1.54) is 18.2 Å². The van der Waals surface area contributed by atoms with Crippen molar-refractivity contribution in [2.24, 2.45) is 0 Å². The van der Waals surface area contributed by atoms with Crippen LogP contribution in [0, 0.1) is 0 Å². The minimum atomic E-state index is -1.15. The molecule has 5 nitrogen and oxygen atoms in total. The lowest BCUT2D eigenvalue weighted by atomic mass is 10.2. The SMILES string of the molecule is CCCOc1ccc(/C=C/C(=O)Nc2ccc(Cl)c(C(=O)O)c2)cc1. The molecule has 0 bridgehead atoms. The molecule has 0 atom stereocenters. The fraction of sp³-hybridized carbons (Fsp3) is 0.158. The van der Waals surface area contributed by atoms with Gasteiger partial charge in [0.15, 0.2) is 0 Å². The molecule has 6 heteroatoms. The zero-order chi connectivity index (χ0) is 18.2. The average Bonchev–Trinajstić information content (AvgIpc) is 2.60. The van der Waals surface area contributed by atoms with Crippen molar-refractivity contribution in [1.29, 1.82) is 0 Å². The number of aromatic carboxylic acids is 1. The summed E-state index contributed by atoms with van der Waals surface area (Å²) in [5.74, 6) is -0.738. The van der Waals surface area contributed by atoms with E-state index < -0.39 is 5.97 Å². The van der Waals surface area contributed by atoms with Gasteiger partial charge in [-0.25, -0.2) is 4.79 Å². The molecule has 2 aromatic rings. The van der Waals surface area contributed by atoms with Crippen LogP contribution >= 0.6 is 11.6 Å². The Morgan fingerprint density at radius 2 is 1.92 bits per heavy atom. The molecule has 0 unspecified atom stereocenters. The minimum absolute atomic E-state index is 0.0638. The second-order valence-corrected chi connectivity index (χ2v) is 5.65. The Bertz CT molecular complexity index is 785. The van der Waals surface area contributed by atoms with Gasteiger partial charge in [-0.3, -0.25) is 4.79 Å². The molecule has 2 rings (SSSR count). The van der Waals surface area contributed by atoms with E-state index in [4.69, 9.17) is 21.4 Å². The van der Waals surface area contributed by atoms with E-state index in [-0.39, 0.29) is 16.5 Å². The number of carboxylic acid groups (broad SMARTS) is 1. The topological polar surface area (TPSA) is 75.6 Å². The zero-order valence-corrected chi connectivity index (χ0v) is 14.4. The number of halogens is 1. The van der Waals surface area contributed by atoms with Crippen LogP contribution in [0.15, 0.2) is 48.5 Å². The van der Waals surface area contributed by atoms with Crippen LogP contribution < -0.4 is 10.1 Å². The summed E-state index contributed by atoms with van der Waals surface area (Å²) < 4.78 is 5.49. The molecular weight excluding hydrogens is 342 g/mol. The van der Waals surface area contributed by atoms with Crippen LogP contribution in [-0.4, -0.2) is 23.6 Å². The van der Waals surface area contributed by atoms with Crippen molar-refractivity contribution in [2.45, 2.75) is 13.3 Å². The number of carboxylic acids is 1. The summed E-state index contributed by atoms with van der Waals surface area (Å²) in [5.41, 5.74) is 1.15. The summed E-state index contributed by atoms with van der Waals surface area (Å²) >= 11 is 5.80. The fourth-order valence-electron chi connectivity index (χ4n) is 2.02. The zero-order valence-electron chi connectivity index (χ0n) is 13.7. The van der Waals surface area contributed by atoms with Crippen molar-refractivity contribution in [1.82, 2.24) is 0 Å². The van der Waals surface area contributed by atoms with Gasteiger partial charge in [0.05, 0.1) is 17.2 Å². The van der Waals surface area contributed by atoms with Crippen LogP contribution in [0.4, 0.5) is 5.69 Å². The first-order valence-corrected chi connectivity index (χ1v) is 8.12. The lowest BCUT2D eigenvalue weighted by Gasteiger charge is -2.05. The summed E-state index contributed by atoms with van der Waals surface area (Å²) in [6, 6.07) is 11.7. The monoisotopic (exact) mass is 359 g/mol. The van der Waals surface area contributed by atoms with Gasteiger partial charge < -0.3 is 15.2 Å². The van der Waals surface area contributed by atoms with E-state index in [1.54, 1.807) is 12.1 Å². The highest BCUT2D eigenvalue weighted by Crippen LogP contribution is 2.20. The predicted octanol–water partition coefficient (Wildman–Crippen LogP) is 4.48. The molecule has 0 radical (unpaired) electrons. The molecule has 0 aliphatic carbocycles. The highest BCUT2D eigenvalue weighted by atomic mass is 35.5. The quantitative estimate of drug-likeness (QED) is 0.715. The predicted molar refractivity (Wildman–Crippen MR) is 98.3 cm³/mol. The van der Waals surface area contributed by atoms with Crippen molar-refractivity contribution in [3.05, 3.63) is 64.7 Å². The molecule has 25 heavy (non-hydrogen) atoms. The number of benzene rings is 2. The highest BCUT2D eigenvalue weighted by molar-refractivity contribution is 6.33. The Morgan fingerprint density at radius 1 is 1.20 bits per heavy atom. The van der Waals surface area contributed by atoms with Gasteiger partial charge in [-0.05, 0) is 48.4 Å². The summed E-state index contributed by atoms with van der Waals surface area (Å²) in [5, 5.41) is 11.7. The lowest BCUT2D eigenvalue weighted by molar-refractivity contribution is -0.111. The van der Waals surface area contributed by atoms with E-state index >= 15 is 0 Å². The molecule has 2 aromatic carbocycles. The first-order valence-electron chi connectivity index (χ1n) is 7.74. The number of hydrogen-bond acceptors (Lipinski definition) is 3. The smallest absolute Gasteiger partial charge is 0.337 e. The average molecular weight is 360 g/mol. The van der Waals surface area contributed by atoms with E-state index in [0.717, 1.165) is 17.7 Å². The third-order valence-electron chi connectivity index (χ3n) is 3.24. The van der Waals surface area contributed by atoms with Gasteiger partial charge in [-0.1, -0.05) is 30.7 Å². The van der Waals surface area contributed by atoms with Crippen LogP contribution in [0.25, 0.3) is 6.08 Å². The first-order chi connectivity index (χ1) is 12.0. The van der Waals surface area contributed by atoms with Gasteiger partial charge in [0.2, 0.25) is 5.91 Å². The minimum Gasteiger partial charge on any atom is -0.494 e. The van der Waals surface area contributed by atoms with Gasteiger partial charge in [-0.15, -0.1) is 0 Å². The third-order valence-corrected chi connectivity index (χ3v) is 3.57. The number of hydrogen-bond donors (Lipinski definition) is 2. The van der Waals surface area contributed by atoms with Crippen molar-refractivity contribution in [3.63, 3.8) is 0 Å². The van der Waals surface area contributed by atoms with Crippen LogP contribution in [-0.2, 0) is 4.79 Å². The molecule has 0 saturated carbocycles. The van der Waals surface area contributed by atoms with Crippen LogP contribution in [0.5, 0.6) is 5.75 Å². The molecule has 0 spiro atoms. The summed E-state index contributed by atoms with van der Waals surface area (Å²) in [7, 11) is 0. The number of anilines is 1. The fourth-order valence-corrected chi connectivity index (χ4v) is 2.22. The Labute approximate surface area is 150 Å². The van der Waals surface area contributed by atoms with Crippen LogP contribution in [0.2, 0.25) is 5.02 Å². The largest absolute Gasteiger partial charge is 0.494 e. The number of nitrogens with one attached hydrogen (secondary N) is 1. The maximum Gasteiger partial charge on any atom is 0.337 e. The standard InChI is InChI=1S/C19H18ClNO4/c1-2-11-25-15-7-3-13(4-8-15)5-10-18(22)21-14-6-9-17(20)16(12-14)19(23)24/h3-10,12H,2,11H2,1H3,(H,21,22)(H,23,24)/b10-5+. The number of amides is 1. The van der Waals surface area contributed by atoms with Crippen molar-refractivity contribution in [3.8, 4) is 5.75 Å². The Balaban J connectivity index is 1.99. The van der Waals surface area contributed by atoms with Gasteiger partial charge in [0.1, 0.15) is 5.75 Å². The molecule has 2 N–H and O–H groups in total. The van der Waals surface area contributed by atoms with Crippen LogP contribution in [0.3, 0.4) is 0 Å². The van der Waals surface area contributed by atoms with Gasteiger partial charge in [0, 0.05) is 11.8 Å². The lowest BCUT2D eigenvalue weighted by Crippen LogP contribution is -2.09. The Morgan fingerprint density at radius 3 is 2.56 bits per heavy atom. The number of carbonyl (C=O) groups excluding carboxylic acids is 1. The maximum atomic E-state index is 12.0. The second kappa shape index (κ2) is 8.89. The number of ether oxygens (including phenoxy) is 1. The van der Waals surface area contributed by atoms with E-state index in [0.29, 0.717) is 12.3 Å². The van der Waals surface area contributed by atoms with E-state index in [9.17, 15) is 9.59 Å². The summed E-state index contributed by atoms with van der Waals surface area (Å²) in [6.07, 6.45) is 3.97. The second-order valence-electron chi connectivity index (χ2n) is 5.24. The molecule has 0 saturated heterocycles. The maximum absolute atomic E-state index is 12.0. The highest BCUT2D eigenvalue weighted by Gasteiger charge is 2.10. The number of carbonyl (C=O) groups is 2. The molecule has 130 valence electrons. The Hall–Kier alpha value is -2.79. The number of rotatable bonds is 7. The Kier molecular flexibility index (Phi) is 6.60. The molecule has 0 aliphatic rings. The van der Waals surface area contributed by atoms with Gasteiger partial charge in [-0.2, -0.15) is 0 Å². The first kappa shape index (κ1) is 18.5. The summed E-state index contributed by atoms with van der Waals surface area (Å²) in [6.45, 7) is 2.70. The molecule has 0 aliphatic heterocycles. The normalized spacial score (nSPS) is 10.6. The molecule has 0 heterocycles. The van der Waals surface area contributed by atoms with Gasteiger partial charge in [0.25, 0.3) is 0 Å².